The molecule has 5 heteroatoms. The molecule has 0 heterocycles. The fourth-order valence-corrected chi connectivity index (χ4v) is 1.85. The number of esters is 1. The van der Waals surface area contributed by atoms with Crippen LogP contribution in [0, 0.1) is 12.3 Å². The minimum Gasteiger partial charge on any atom is -0.439 e. The molecule has 0 N–H and O–H groups in total. The highest BCUT2D eigenvalue weighted by Gasteiger charge is 2.13. The summed E-state index contributed by atoms with van der Waals surface area (Å²) in [4.78, 5) is 11.4. The molecule has 0 aliphatic heterocycles. The molecule has 0 fully saturated rings. The van der Waals surface area contributed by atoms with Crippen LogP contribution >= 0.6 is 45.8 Å². The third-order valence-corrected chi connectivity index (χ3v) is 3.07. The Kier molecular flexibility index (Phi) is 5.39. The lowest BCUT2D eigenvalue weighted by atomic mass is 10.1. The summed E-state index contributed by atoms with van der Waals surface area (Å²) in [7, 11) is 0. The molecule has 1 rings (SSSR count). The molecule has 0 spiro atoms. The number of hydrogen-bond donors (Lipinski definition) is 0. The molecule has 1 atom stereocenters. The largest absolute Gasteiger partial charge is 0.439 e. The molecule has 0 aromatic heterocycles. The normalized spacial score (nSPS) is 11.6. The first-order valence-corrected chi connectivity index (χ1v) is 6.27. The molecule has 0 aliphatic carbocycles. The second-order valence-corrected chi connectivity index (χ2v) is 4.80. The number of terminal acetylenes is 1. The summed E-state index contributed by atoms with van der Waals surface area (Å²) in [5.74, 6) is 1.84. The zero-order chi connectivity index (χ0) is 12.1. The molecule has 1 aromatic carbocycles. The molecular weight excluding hydrogens is 362 g/mol. The molecule has 0 saturated carbocycles. The number of carbonyl (C=O) groups excluding carboxylic acids is 1. The summed E-state index contributed by atoms with van der Waals surface area (Å²) >= 11 is 13.7. The van der Waals surface area contributed by atoms with E-state index >= 15 is 0 Å². The Morgan fingerprint density at radius 3 is 2.56 bits per heavy atom. The van der Waals surface area contributed by atoms with Gasteiger partial charge in [-0.3, -0.25) is 4.79 Å². The van der Waals surface area contributed by atoms with Crippen LogP contribution in [0.15, 0.2) is 18.2 Å². The van der Waals surface area contributed by atoms with Crippen LogP contribution in [0.3, 0.4) is 0 Å². The first-order chi connectivity index (χ1) is 7.54. The van der Waals surface area contributed by atoms with E-state index in [-0.39, 0.29) is 6.42 Å². The van der Waals surface area contributed by atoms with Crippen LogP contribution in [0.25, 0.3) is 0 Å². The van der Waals surface area contributed by atoms with Crippen molar-refractivity contribution in [2.45, 2.75) is 10.5 Å². The number of ether oxygens (including phenoxy) is 1. The zero-order valence-corrected chi connectivity index (χ0v) is 11.7. The third kappa shape index (κ3) is 3.85. The molecule has 2 nitrogen and oxygen atoms in total. The van der Waals surface area contributed by atoms with Gasteiger partial charge in [0.1, 0.15) is 0 Å². The Morgan fingerprint density at radius 2 is 2.06 bits per heavy atom. The molecule has 0 aliphatic rings. The molecule has 0 saturated heterocycles. The van der Waals surface area contributed by atoms with Gasteiger partial charge < -0.3 is 4.74 Å². The summed E-state index contributed by atoms with van der Waals surface area (Å²) in [5.41, 5.74) is 0.552. The number of halogens is 3. The summed E-state index contributed by atoms with van der Waals surface area (Å²) in [6.45, 7) is 0. The maximum atomic E-state index is 11.4. The van der Waals surface area contributed by atoms with E-state index in [0.717, 1.165) is 0 Å². The van der Waals surface area contributed by atoms with Crippen molar-refractivity contribution in [3.05, 3.63) is 33.8 Å². The Morgan fingerprint density at radius 1 is 1.50 bits per heavy atom. The fraction of sp³-hybridized carbons (Fsp3) is 0.182. The second-order valence-electron chi connectivity index (χ2n) is 2.85. The van der Waals surface area contributed by atoms with E-state index in [9.17, 15) is 4.79 Å². The minimum absolute atomic E-state index is 0.0136. The van der Waals surface area contributed by atoms with Gasteiger partial charge in [0.15, 0.2) is 0 Å². The maximum absolute atomic E-state index is 11.4. The van der Waals surface area contributed by atoms with Crippen molar-refractivity contribution in [2.24, 2.45) is 0 Å². The van der Waals surface area contributed by atoms with E-state index in [4.69, 9.17) is 34.4 Å². The van der Waals surface area contributed by atoms with Crippen LogP contribution in [-0.2, 0) is 16.0 Å². The molecule has 0 amide bonds. The monoisotopic (exact) mass is 368 g/mol. The highest BCUT2D eigenvalue weighted by molar-refractivity contribution is 14.1. The first kappa shape index (κ1) is 13.6. The smallest absolute Gasteiger partial charge is 0.312 e. The number of alkyl halides is 1. The SMILES string of the molecule is C#CC(I)OC(=O)Cc1c(Cl)cccc1Cl. The number of carbonyl (C=O) groups is 1. The first-order valence-electron chi connectivity index (χ1n) is 4.27. The van der Waals surface area contributed by atoms with E-state index in [0.29, 0.717) is 15.6 Å². The zero-order valence-electron chi connectivity index (χ0n) is 8.04. The number of benzene rings is 1. The number of hydrogen-bond acceptors (Lipinski definition) is 2. The predicted octanol–water partition coefficient (Wildman–Crippen LogP) is 3.47. The van der Waals surface area contributed by atoms with Gasteiger partial charge in [-0.15, -0.1) is 6.42 Å². The van der Waals surface area contributed by atoms with Gasteiger partial charge in [0.25, 0.3) is 0 Å². The molecular formula is C11H7Cl2IO2. The lowest BCUT2D eigenvalue weighted by Crippen LogP contribution is -2.13. The molecule has 0 bridgehead atoms. The van der Waals surface area contributed by atoms with Gasteiger partial charge in [0.05, 0.1) is 6.42 Å². The molecule has 0 radical (unpaired) electrons. The van der Waals surface area contributed by atoms with Crippen LogP contribution in [0.1, 0.15) is 5.56 Å². The van der Waals surface area contributed by atoms with Crippen molar-refractivity contribution in [1.82, 2.24) is 0 Å². The van der Waals surface area contributed by atoms with Gasteiger partial charge >= 0.3 is 5.97 Å². The maximum Gasteiger partial charge on any atom is 0.312 e. The van der Waals surface area contributed by atoms with Crippen molar-refractivity contribution < 1.29 is 9.53 Å². The molecule has 84 valence electrons. The molecule has 16 heavy (non-hydrogen) atoms. The van der Waals surface area contributed by atoms with Crippen LogP contribution in [-0.4, -0.2) is 10.1 Å². The van der Waals surface area contributed by atoms with E-state index in [1.54, 1.807) is 18.2 Å². The second kappa shape index (κ2) is 6.33. The fourth-order valence-electron chi connectivity index (χ4n) is 1.04. The highest BCUT2D eigenvalue weighted by Crippen LogP contribution is 2.25. The summed E-state index contributed by atoms with van der Waals surface area (Å²) < 4.78 is 4.33. The van der Waals surface area contributed by atoms with Gasteiger partial charge in [-0.05, 0) is 34.7 Å². The topological polar surface area (TPSA) is 26.3 Å². The Hall–Kier alpha value is -0.440. The Bertz CT molecular complexity index is 420. The van der Waals surface area contributed by atoms with E-state index in [1.165, 1.54) is 0 Å². The lowest BCUT2D eigenvalue weighted by molar-refractivity contribution is -0.142. The van der Waals surface area contributed by atoms with E-state index < -0.39 is 10.1 Å². The predicted molar refractivity (Wildman–Crippen MR) is 72.9 cm³/mol. The van der Waals surface area contributed by atoms with Crippen LogP contribution in [0.5, 0.6) is 0 Å². The Labute approximate surface area is 117 Å². The quantitative estimate of drug-likeness (QED) is 0.353. The van der Waals surface area contributed by atoms with Crippen molar-refractivity contribution in [3.8, 4) is 12.3 Å². The van der Waals surface area contributed by atoms with Crippen LogP contribution in [0.2, 0.25) is 10.0 Å². The highest BCUT2D eigenvalue weighted by atomic mass is 127. The van der Waals surface area contributed by atoms with Crippen LogP contribution in [0.4, 0.5) is 0 Å². The standard InChI is InChI=1S/C11H7Cl2IO2/c1-2-10(14)16-11(15)6-7-8(12)4-3-5-9(7)13/h1,3-5,10H,6H2. The van der Waals surface area contributed by atoms with Crippen molar-refractivity contribution in [3.63, 3.8) is 0 Å². The minimum atomic E-state index is -0.577. The summed E-state index contributed by atoms with van der Waals surface area (Å²) in [5, 5.41) is 0.880. The van der Waals surface area contributed by atoms with Gasteiger partial charge in [-0.2, -0.15) is 0 Å². The van der Waals surface area contributed by atoms with Crippen molar-refractivity contribution in [1.29, 1.82) is 0 Å². The van der Waals surface area contributed by atoms with Gasteiger partial charge in [0.2, 0.25) is 4.11 Å². The molecule has 1 aromatic rings. The molecule has 1 unspecified atom stereocenters. The average Bonchev–Trinajstić information content (AvgIpc) is 2.23. The third-order valence-electron chi connectivity index (χ3n) is 1.75. The van der Waals surface area contributed by atoms with Gasteiger partial charge in [0, 0.05) is 15.6 Å². The Balaban J connectivity index is 2.74. The van der Waals surface area contributed by atoms with Crippen LogP contribution < -0.4 is 0 Å². The summed E-state index contributed by atoms with van der Waals surface area (Å²) in [6, 6.07) is 5.04. The van der Waals surface area contributed by atoms with Gasteiger partial charge in [-0.1, -0.05) is 35.2 Å². The van der Waals surface area contributed by atoms with Gasteiger partial charge in [-0.25, -0.2) is 0 Å². The van der Waals surface area contributed by atoms with Crippen molar-refractivity contribution in [2.75, 3.05) is 0 Å². The average molecular weight is 369 g/mol. The van der Waals surface area contributed by atoms with Crippen molar-refractivity contribution >= 4 is 51.8 Å². The number of rotatable bonds is 3. The van der Waals surface area contributed by atoms with E-state index in [1.807, 2.05) is 22.6 Å². The van der Waals surface area contributed by atoms with E-state index in [2.05, 4.69) is 5.92 Å². The lowest BCUT2D eigenvalue weighted by Gasteiger charge is -2.08. The summed E-state index contributed by atoms with van der Waals surface area (Å²) in [6.07, 6.45) is 5.10.